The Labute approximate surface area is 630 Å². The smallest absolute Gasteiger partial charge is 0.381 e. The zero-order chi connectivity index (χ0) is 77.6. The van der Waals surface area contributed by atoms with Crippen LogP contribution in [0.5, 0.6) is 0 Å². The van der Waals surface area contributed by atoms with E-state index in [-0.39, 0.29) is 134 Å². The Morgan fingerprint density at radius 1 is 0.613 bits per heavy atom. The molecule has 598 valence electrons. The first-order valence-electron chi connectivity index (χ1n) is 39.4. The molecule has 8 fully saturated rings. The second kappa shape index (κ2) is 38.3. The van der Waals surface area contributed by atoms with Crippen LogP contribution in [-0.4, -0.2) is 288 Å². The highest BCUT2D eigenvalue weighted by molar-refractivity contribution is 6.21. The molecule has 0 radical (unpaired) electrons. The Balaban J connectivity index is 1.19. The number of ether oxygens (including phenoxy) is 2. The number of nitrogens with zero attached hydrogens (tertiary/aromatic N) is 9. The Kier molecular flexibility index (Phi) is 30.8. The number of nitrogens with one attached hydrogen (secondary N) is 3. The second-order valence-corrected chi connectivity index (χ2v) is 33.0. The van der Waals surface area contributed by atoms with Crippen LogP contribution in [0.1, 0.15) is 201 Å². The van der Waals surface area contributed by atoms with E-state index < -0.39 is 174 Å². The van der Waals surface area contributed by atoms with Crippen LogP contribution < -0.4 is 16.0 Å². The Morgan fingerprint density at radius 2 is 1.24 bits per heavy atom. The molecular formula is C76H122ClF3N12O14. The fourth-order valence-corrected chi connectivity index (χ4v) is 18.4. The zero-order valence-electron chi connectivity index (χ0n) is 64.7. The number of hydrogen-bond acceptors (Lipinski definition) is 14. The monoisotopic (exact) mass is 1520 g/mol. The summed E-state index contributed by atoms with van der Waals surface area (Å²) in [6.07, 6.45) is 4.83. The molecule has 12 amide bonds. The molecule has 26 nitrogen and oxygen atoms in total. The van der Waals surface area contributed by atoms with Crippen molar-refractivity contribution in [3.8, 4) is 0 Å². The second-order valence-electron chi connectivity index (χ2n) is 32.5. The number of carbonyl (C=O) groups is 12. The fraction of sp³-hybridized carbons (Fsp3) is 0.842. The van der Waals surface area contributed by atoms with Crippen molar-refractivity contribution in [3.63, 3.8) is 0 Å². The van der Waals surface area contributed by atoms with Crippen LogP contribution in [0.4, 0.5) is 13.2 Å². The number of carbonyl (C=O) groups excluding carboxylic acids is 12. The highest BCUT2D eigenvalue weighted by Gasteiger charge is 2.53. The van der Waals surface area contributed by atoms with Gasteiger partial charge in [-0.2, -0.15) is 13.2 Å². The van der Waals surface area contributed by atoms with Gasteiger partial charge in [0.05, 0.1) is 44.7 Å². The van der Waals surface area contributed by atoms with Gasteiger partial charge < -0.3 is 69.5 Å². The molecule has 2 bridgehead atoms. The summed E-state index contributed by atoms with van der Waals surface area (Å²) in [4.78, 5) is 195. The van der Waals surface area contributed by atoms with E-state index in [1.54, 1.807) is 14.0 Å². The van der Waals surface area contributed by atoms with Gasteiger partial charge in [-0.05, 0) is 152 Å². The Bertz CT molecular complexity index is 3090. The summed E-state index contributed by atoms with van der Waals surface area (Å²) in [5.74, 6) is -10.7. The van der Waals surface area contributed by atoms with Crippen LogP contribution in [0.25, 0.3) is 0 Å². The molecule has 8 rings (SSSR count). The molecule has 4 aliphatic heterocycles. The lowest BCUT2D eigenvalue weighted by Gasteiger charge is -2.42. The molecule has 0 aromatic heterocycles. The lowest BCUT2D eigenvalue weighted by molar-refractivity contribution is -0.182. The van der Waals surface area contributed by atoms with Crippen molar-refractivity contribution < 1.29 is 80.2 Å². The molecular weight excluding hydrogens is 1400 g/mol. The van der Waals surface area contributed by atoms with Crippen LogP contribution in [-0.2, 0) is 67.0 Å². The van der Waals surface area contributed by atoms with Gasteiger partial charge in [0.2, 0.25) is 70.9 Å². The van der Waals surface area contributed by atoms with Crippen molar-refractivity contribution in [1.29, 1.82) is 0 Å². The SMILES string of the molecule is CC[C@H](C)[C@@H]1NC(=O)[C@H](CC(C)C)N(C)C(=O)C[C@@H](C(=O)N2CCOCC2)N(C)C(=O)[C@H](C2CCCC2)N(C)C(=O)C2(CCCC2)NC(=O)[C@@H]2CCCN2C(=O)[C@H](CCC2CCC(C(F)(F)F)C(Cl)C2)NC(=O)CN(C)C(=O)[C@H](CC2CCC(OC)CC2)N2CCCCC[C@@H](C2=O)N(C)C(=O)CN(C)C1=O. The number of rotatable bonds is 12. The summed E-state index contributed by atoms with van der Waals surface area (Å²) in [5, 5.41) is 7.70. The lowest BCUT2D eigenvalue weighted by Crippen LogP contribution is -2.65. The van der Waals surface area contributed by atoms with E-state index in [4.69, 9.17) is 21.1 Å². The molecule has 4 saturated heterocycles. The van der Waals surface area contributed by atoms with Crippen molar-refractivity contribution in [2.75, 3.05) is 102 Å². The molecule has 8 aliphatic rings. The van der Waals surface area contributed by atoms with Crippen molar-refractivity contribution in [1.82, 2.24) is 60.0 Å². The van der Waals surface area contributed by atoms with Gasteiger partial charge >= 0.3 is 6.18 Å². The fourth-order valence-electron chi connectivity index (χ4n) is 17.9. The Hall–Kier alpha value is -6.36. The predicted octanol–water partition coefficient (Wildman–Crippen LogP) is 5.88. The van der Waals surface area contributed by atoms with E-state index >= 15 is 43.2 Å². The number of amides is 12. The molecule has 0 aromatic rings. The molecule has 3 N–H and O–H groups in total. The van der Waals surface area contributed by atoms with Crippen LogP contribution >= 0.6 is 11.6 Å². The number of hydrogen-bond donors (Lipinski definition) is 3. The first-order chi connectivity index (χ1) is 50.2. The summed E-state index contributed by atoms with van der Waals surface area (Å²) >= 11 is 6.45. The van der Waals surface area contributed by atoms with Crippen molar-refractivity contribution in [2.45, 2.75) is 273 Å². The molecule has 4 saturated carbocycles. The summed E-state index contributed by atoms with van der Waals surface area (Å²) in [6, 6.07) is -9.78. The highest BCUT2D eigenvalue weighted by Crippen LogP contribution is 2.44. The van der Waals surface area contributed by atoms with Crippen LogP contribution in [0, 0.1) is 35.5 Å². The van der Waals surface area contributed by atoms with Gasteiger partial charge in [-0.3, -0.25) is 57.5 Å². The number of morpholine rings is 1. The molecule has 1 spiro atoms. The summed E-state index contributed by atoms with van der Waals surface area (Å²) in [7, 11) is 10.4. The number of alkyl halides is 4. The maximum Gasteiger partial charge on any atom is 0.393 e. The van der Waals surface area contributed by atoms with E-state index in [0.717, 1.165) is 12.8 Å². The minimum absolute atomic E-state index is 0.00393. The minimum Gasteiger partial charge on any atom is -0.381 e. The predicted molar refractivity (Wildman–Crippen MR) is 389 cm³/mol. The van der Waals surface area contributed by atoms with E-state index in [1.807, 2.05) is 20.8 Å². The highest BCUT2D eigenvalue weighted by atomic mass is 35.5. The van der Waals surface area contributed by atoms with E-state index in [9.17, 15) is 27.6 Å². The maximum absolute atomic E-state index is 15.8. The van der Waals surface area contributed by atoms with E-state index in [0.29, 0.717) is 83.5 Å². The van der Waals surface area contributed by atoms with Gasteiger partial charge in [-0.15, -0.1) is 11.6 Å². The topological polar surface area (TPSA) is 289 Å². The Morgan fingerprint density at radius 3 is 1.86 bits per heavy atom. The molecule has 30 heteroatoms. The first-order valence-corrected chi connectivity index (χ1v) is 39.8. The third-order valence-corrected chi connectivity index (χ3v) is 25.3. The minimum atomic E-state index is -4.52. The van der Waals surface area contributed by atoms with Crippen molar-refractivity contribution >= 4 is 82.5 Å². The normalized spacial score (nSPS) is 31.6. The quantitative estimate of drug-likeness (QED) is 0.193. The molecule has 0 aromatic carbocycles. The van der Waals surface area contributed by atoms with Gasteiger partial charge in [-0.1, -0.05) is 72.6 Å². The van der Waals surface area contributed by atoms with Gasteiger partial charge in [0, 0.05) is 81.0 Å². The number of fused-ring (bicyclic) bond motifs is 3. The summed E-state index contributed by atoms with van der Waals surface area (Å²) < 4.78 is 53.6. The van der Waals surface area contributed by atoms with Crippen LogP contribution in [0.2, 0.25) is 0 Å². The van der Waals surface area contributed by atoms with Crippen molar-refractivity contribution in [3.05, 3.63) is 0 Å². The maximum atomic E-state index is 15.8. The molecule has 3 unspecified atom stereocenters. The standard InChI is InChI=1S/C76H122ClF3N12O14/c1-12-48(4)64-72(102)85(6)46-63(95)86(7)57-23-14-13-19-35-92(71(57)101)60(43-50-25-29-52(105-11)30-26-50)69(99)84(5)45-61(93)81-55(32-28-49-27-31-53(54(77)42-49)76(78,79)80)68(98)91-36-20-24-56(91)67(97)83-75(33-17-18-34-75)74(104)89(10)65(51-21-15-16-22-51)73(103)88(9)59(70(100)90-37-39-106-40-38-90)44-62(94)87(8)58(41-47(2)3)66(96)82-64/h47-60,64-65H,12-46H2,1-11H3,(H,81,93)(H,82,96)(H,83,97)/t48-,49?,50?,52?,53?,54?,55-,56-,57-,58-,59-,60-,64-,65-/m0/s1. The zero-order valence-corrected chi connectivity index (χ0v) is 65.5. The molecule has 106 heavy (non-hydrogen) atoms. The summed E-state index contributed by atoms with van der Waals surface area (Å²) in [6.45, 7) is 7.17. The largest absolute Gasteiger partial charge is 0.393 e. The average Bonchev–Trinajstić information content (AvgIpc) is 1.50. The van der Waals surface area contributed by atoms with E-state index in [1.165, 1.54) is 86.4 Å². The molecule has 4 heterocycles. The van der Waals surface area contributed by atoms with Gasteiger partial charge in [0.15, 0.2) is 0 Å². The first kappa shape index (κ1) is 85.3. The van der Waals surface area contributed by atoms with Crippen molar-refractivity contribution in [2.24, 2.45) is 35.5 Å². The van der Waals surface area contributed by atoms with Gasteiger partial charge in [0.25, 0.3) is 0 Å². The lowest BCUT2D eigenvalue weighted by atomic mass is 9.78. The molecule has 12 atom stereocenters. The average molecular weight is 1520 g/mol. The summed E-state index contributed by atoms with van der Waals surface area (Å²) in [5.41, 5.74) is -1.57. The van der Waals surface area contributed by atoms with Crippen LogP contribution in [0.3, 0.4) is 0 Å². The molecule has 4 aliphatic carbocycles. The third kappa shape index (κ3) is 20.9. The van der Waals surface area contributed by atoms with Gasteiger partial charge in [0.1, 0.15) is 53.9 Å². The number of likely N-dealkylation sites (N-methyl/N-ethyl adjacent to an activating group) is 6. The van der Waals surface area contributed by atoms with Crippen LogP contribution in [0.15, 0.2) is 0 Å². The number of methoxy groups -OCH3 is 1. The number of halogens is 4. The third-order valence-electron chi connectivity index (χ3n) is 24.8. The van der Waals surface area contributed by atoms with E-state index in [2.05, 4.69) is 16.0 Å². The van der Waals surface area contributed by atoms with Gasteiger partial charge in [-0.25, -0.2) is 0 Å².